The van der Waals surface area contributed by atoms with E-state index in [-0.39, 0.29) is 15.6 Å². The molecule has 3 atom stereocenters. The monoisotopic (exact) mass is 470 g/mol. The molecule has 0 N–H and O–H groups in total. The van der Waals surface area contributed by atoms with Crippen LogP contribution < -0.4 is 0 Å². The van der Waals surface area contributed by atoms with Crippen LogP contribution in [-0.2, 0) is 9.59 Å². The van der Waals surface area contributed by atoms with E-state index in [2.05, 4.69) is 0 Å². The van der Waals surface area contributed by atoms with Gasteiger partial charge in [-0.15, -0.1) is 0 Å². The number of carbonyl (C=O) groups is 4. The van der Waals surface area contributed by atoms with Crippen molar-refractivity contribution >= 4 is 46.7 Å². The molecular formula is C24H20Cl2N2O4. The number of imide groups is 1. The number of allylic oxidation sites excluding steroid dienone is 2. The summed E-state index contributed by atoms with van der Waals surface area (Å²) in [4.78, 5) is 53.3. The summed E-state index contributed by atoms with van der Waals surface area (Å²) in [5, 5.41) is 2.24. The van der Waals surface area contributed by atoms with E-state index in [0.29, 0.717) is 18.4 Å². The molecule has 164 valence electrons. The minimum absolute atomic E-state index is 0.112. The highest BCUT2D eigenvalue weighted by atomic mass is 35.5. The first-order valence-corrected chi connectivity index (χ1v) is 11.0. The van der Waals surface area contributed by atoms with E-state index in [1.807, 2.05) is 12.2 Å². The highest BCUT2D eigenvalue weighted by Gasteiger charge is 2.52. The van der Waals surface area contributed by atoms with Crippen molar-refractivity contribution in [1.29, 1.82) is 0 Å². The Hall–Kier alpha value is -2.96. The zero-order valence-corrected chi connectivity index (χ0v) is 18.7. The maximum absolute atomic E-state index is 13.6. The Morgan fingerprint density at radius 2 is 1.50 bits per heavy atom. The van der Waals surface area contributed by atoms with Crippen LogP contribution in [0.4, 0.5) is 0 Å². The molecule has 1 heterocycles. The second-order valence-electron chi connectivity index (χ2n) is 7.83. The molecule has 0 saturated carbocycles. The zero-order valence-electron chi connectivity index (χ0n) is 17.2. The molecule has 0 aromatic heterocycles. The normalized spacial score (nSPS) is 20.8. The molecule has 4 rings (SSSR count). The smallest absolute Gasteiger partial charge is 0.273 e. The van der Waals surface area contributed by atoms with E-state index < -0.39 is 41.4 Å². The molecule has 0 spiro atoms. The lowest BCUT2D eigenvalue weighted by molar-refractivity contribution is -0.156. The van der Waals surface area contributed by atoms with E-state index in [0.717, 1.165) is 10.0 Å². The van der Waals surface area contributed by atoms with Gasteiger partial charge in [-0.25, -0.2) is 5.01 Å². The lowest BCUT2D eigenvalue weighted by Gasteiger charge is -2.34. The minimum atomic E-state index is -1.11. The number of ketones is 1. The lowest BCUT2D eigenvalue weighted by Crippen LogP contribution is -2.56. The van der Waals surface area contributed by atoms with Gasteiger partial charge in [-0.3, -0.25) is 19.2 Å². The molecule has 1 saturated heterocycles. The fourth-order valence-corrected chi connectivity index (χ4v) is 4.45. The Labute approximate surface area is 195 Å². The molecule has 2 aromatic carbocycles. The summed E-state index contributed by atoms with van der Waals surface area (Å²) in [7, 11) is 0. The maximum Gasteiger partial charge on any atom is 0.273 e. The first kappa shape index (κ1) is 22.2. The number of hydrazine groups is 1. The molecule has 3 amide bonds. The van der Waals surface area contributed by atoms with Gasteiger partial charge < -0.3 is 0 Å². The van der Waals surface area contributed by atoms with Crippen molar-refractivity contribution in [2.75, 3.05) is 0 Å². The number of Topliss-reactive ketones (excluding diaryl/α,β-unsaturated/α-hetero) is 1. The van der Waals surface area contributed by atoms with E-state index >= 15 is 0 Å². The first-order valence-electron chi connectivity index (χ1n) is 10.2. The van der Waals surface area contributed by atoms with Gasteiger partial charge in [-0.05, 0) is 38.0 Å². The fourth-order valence-electron chi connectivity index (χ4n) is 4.15. The van der Waals surface area contributed by atoms with Crippen LogP contribution in [0.25, 0.3) is 0 Å². The SMILES string of the molecule is C[C@H](C(=O)c1ccccc1)N(C(=O)c1ccc(Cl)c(Cl)c1)N1C(=O)[C@H]2CC=CC[C@@H]2C1=O. The lowest BCUT2D eigenvalue weighted by atomic mass is 9.85. The van der Waals surface area contributed by atoms with Gasteiger partial charge in [0.25, 0.3) is 17.7 Å². The minimum Gasteiger partial charge on any atom is -0.292 e. The van der Waals surface area contributed by atoms with Gasteiger partial charge in [0.05, 0.1) is 21.9 Å². The van der Waals surface area contributed by atoms with Crippen molar-refractivity contribution in [2.24, 2.45) is 11.8 Å². The van der Waals surface area contributed by atoms with E-state index in [1.165, 1.54) is 25.1 Å². The third-order valence-electron chi connectivity index (χ3n) is 5.88. The van der Waals surface area contributed by atoms with Crippen LogP contribution in [0, 0.1) is 11.8 Å². The molecule has 2 aliphatic rings. The molecule has 8 heteroatoms. The van der Waals surface area contributed by atoms with Gasteiger partial charge in [-0.1, -0.05) is 65.7 Å². The summed E-state index contributed by atoms with van der Waals surface area (Å²) >= 11 is 12.1. The number of nitrogens with zero attached hydrogens (tertiary/aromatic N) is 2. The highest BCUT2D eigenvalue weighted by Crippen LogP contribution is 2.37. The molecule has 6 nitrogen and oxygen atoms in total. The highest BCUT2D eigenvalue weighted by molar-refractivity contribution is 6.42. The molecule has 0 radical (unpaired) electrons. The van der Waals surface area contributed by atoms with Crippen LogP contribution in [0.15, 0.2) is 60.7 Å². The number of hydrogen-bond donors (Lipinski definition) is 0. The van der Waals surface area contributed by atoms with Crippen molar-refractivity contribution in [2.45, 2.75) is 25.8 Å². The van der Waals surface area contributed by atoms with Crippen molar-refractivity contribution in [3.05, 3.63) is 81.9 Å². The molecule has 32 heavy (non-hydrogen) atoms. The summed E-state index contributed by atoms with van der Waals surface area (Å²) in [5.41, 5.74) is 0.478. The number of benzene rings is 2. The third kappa shape index (κ3) is 3.85. The Bertz CT molecular complexity index is 1110. The maximum atomic E-state index is 13.6. The number of carbonyl (C=O) groups excluding carboxylic acids is 4. The molecule has 0 bridgehead atoms. The van der Waals surface area contributed by atoms with Gasteiger partial charge in [0.2, 0.25) is 0 Å². The quantitative estimate of drug-likeness (QED) is 0.364. The Morgan fingerprint density at radius 1 is 0.906 bits per heavy atom. The van der Waals surface area contributed by atoms with Crippen LogP contribution in [0.3, 0.4) is 0 Å². The van der Waals surface area contributed by atoms with Crippen molar-refractivity contribution in [3.8, 4) is 0 Å². The average molecular weight is 471 g/mol. The van der Waals surface area contributed by atoms with Crippen LogP contribution in [0.2, 0.25) is 10.0 Å². The van der Waals surface area contributed by atoms with Gasteiger partial charge in [0.1, 0.15) is 6.04 Å². The first-order chi connectivity index (χ1) is 15.3. The molecule has 1 aliphatic heterocycles. The Kier molecular flexibility index (Phi) is 6.17. The number of fused-ring (bicyclic) bond motifs is 1. The fraction of sp³-hybridized carbons (Fsp3) is 0.250. The number of hydrogen-bond acceptors (Lipinski definition) is 4. The van der Waals surface area contributed by atoms with Crippen molar-refractivity contribution in [3.63, 3.8) is 0 Å². The second kappa shape index (κ2) is 8.88. The standard InChI is InChI=1S/C24H20Cl2N2O4/c1-14(21(29)15-7-3-2-4-8-15)27(22(30)16-11-12-19(25)20(26)13-16)28-23(31)17-9-5-6-10-18(17)24(28)32/h2-8,11-14,17-18H,9-10H2,1H3/t14-,17+,18+/m1/s1. The third-order valence-corrected chi connectivity index (χ3v) is 6.62. The van der Waals surface area contributed by atoms with Crippen molar-refractivity contribution < 1.29 is 19.2 Å². The molecule has 0 unspecified atom stereocenters. The van der Waals surface area contributed by atoms with E-state index in [4.69, 9.17) is 23.2 Å². The summed E-state index contributed by atoms with van der Waals surface area (Å²) in [6.07, 6.45) is 4.56. The van der Waals surface area contributed by atoms with E-state index in [9.17, 15) is 19.2 Å². The van der Waals surface area contributed by atoms with Gasteiger partial charge in [0, 0.05) is 11.1 Å². The average Bonchev–Trinajstić information content (AvgIpc) is 3.06. The van der Waals surface area contributed by atoms with Crippen LogP contribution in [0.5, 0.6) is 0 Å². The molecule has 1 aliphatic carbocycles. The van der Waals surface area contributed by atoms with Gasteiger partial charge in [0.15, 0.2) is 5.78 Å². The predicted octanol–water partition coefficient (Wildman–Crippen LogP) is 4.57. The largest absolute Gasteiger partial charge is 0.292 e. The topological polar surface area (TPSA) is 74.8 Å². The number of amides is 3. The summed E-state index contributed by atoms with van der Waals surface area (Å²) < 4.78 is 0. The van der Waals surface area contributed by atoms with Crippen molar-refractivity contribution in [1.82, 2.24) is 10.0 Å². The second-order valence-corrected chi connectivity index (χ2v) is 8.64. The van der Waals surface area contributed by atoms with Gasteiger partial charge >= 0.3 is 0 Å². The number of rotatable bonds is 5. The van der Waals surface area contributed by atoms with Crippen LogP contribution >= 0.6 is 23.2 Å². The Morgan fingerprint density at radius 3 is 2.06 bits per heavy atom. The predicted molar refractivity (Wildman–Crippen MR) is 120 cm³/mol. The summed E-state index contributed by atoms with van der Waals surface area (Å²) in [5.74, 6) is -3.14. The van der Waals surface area contributed by atoms with Gasteiger partial charge in [-0.2, -0.15) is 5.01 Å². The molecule has 1 fully saturated rings. The van der Waals surface area contributed by atoms with Crippen LogP contribution in [-0.4, -0.2) is 39.6 Å². The summed E-state index contributed by atoms with van der Waals surface area (Å²) in [6.45, 7) is 1.51. The summed E-state index contributed by atoms with van der Waals surface area (Å²) in [6, 6.07) is 11.6. The zero-order chi connectivity index (χ0) is 23.0. The molecular weight excluding hydrogens is 451 g/mol. The van der Waals surface area contributed by atoms with Crippen LogP contribution in [0.1, 0.15) is 40.5 Å². The van der Waals surface area contributed by atoms with E-state index in [1.54, 1.807) is 30.3 Å². The Balaban J connectivity index is 1.77. The number of halogens is 2. The molecule has 2 aromatic rings.